The summed E-state index contributed by atoms with van der Waals surface area (Å²) in [7, 11) is 1.60. The average molecular weight is 512 g/mol. The molecule has 2 heterocycles. The van der Waals surface area contributed by atoms with Crippen LogP contribution in [0.15, 0.2) is 84.9 Å². The molecule has 32 heavy (non-hydrogen) atoms. The van der Waals surface area contributed by atoms with Gasteiger partial charge in [0.15, 0.2) is 5.17 Å². The molecule has 162 valence electrons. The Morgan fingerprint density at radius 1 is 1.22 bits per heavy atom. The second kappa shape index (κ2) is 9.88. The van der Waals surface area contributed by atoms with Crippen LogP contribution in [0.25, 0.3) is 6.08 Å². The lowest BCUT2D eigenvalue weighted by atomic mass is 10.2. The van der Waals surface area contributed by atoms with Crippen molar-refractivity contribution in [2.75, 3.05) is 7.11 Å². The van der Waals surface area contributed by atoms with Crippen LogP contribution >= 0.6 is 27.7 Å². The summed E-state index contributed by atoms with van der Waals surface area (Å²) >= 11 is 4.59. The van der Waals surface area contributed by atoms with E-state index in [4.69, 9.17) is 9.15 Å². The molecule has 0 radical (unpaired) electrons. The molecule has 3 aromatic rings. The zero-order valence-corrected chi connectivity index (χ0v) is 19.3. The molecule has 4 rings (SSSR count). The Bertz CT molecular complexity index is 1200. The molecule has 0 unspecified atom stereocenters. The lowest BCUT2D eigenvalue weighted by Crippen LogP contribution is -2.28. The molecule has 0 atom stereocenters. The first-order valence-corrected chi connectivity index (χ1v) is 11.1. The second-order valence-corrected chi connectivity index (χ2v) is 8.61. The lowest BCUT2D eigenvalue weighted by Gasteiger charge is -2.12. The Morgan fingerprint density at radius 2 is 2.03 bits per heavy atom. The van der Waals surface area contributed by atoms with E-state index in [9.17, 15) is 9.90 Å². The van der Waals surface area contributed by atoms with Crippen LogP contribution in [-0.2, 0) is 11.3 Å². The molecule has 9 heteroatoms. The van der Waals surface area contributed by atoms with Gasteiger partial charge in [0.1, 0.15) is 17.3 Å². The van der Waals surface area contributed by atoms with Crippen molar-refractivity contribution in [3.05, 3.63) is 87.1 Å². The Hall–Kier alpha value is -3.30. The minimum absolute atomic E-state index is 0.0832. The summed E-state index contributed by atoms with van der Waals surface area (Å²) in [5.74, 6) is 1.26. The molecule has 1 N–H and O–H groups in total. The highest BCUT2D eigenvalue weighted by Crippen LogP contribution is 2.34. The van der Waals surface area contributed by atoms with E-state index in [1.165, 1.54) is 22.9 Å². The van der Waals surface area contributed by atoms with Crippen LogP contribution in [0, 0.1) is 0 Å². The Labute approximate surface area is 197 Å². The van der Waals surface area contributed by atoms with Crippen LogP contribution < -0.4 is 4.74 Å². The minimum Gasteiger partial charge on any atom is -0.507 e. The number of furan rings is 1. The third-order valence-electron chi connectivity index (χ3n) is 4.53. The number of phenolic OH excluding ortho intramolecular Hbond substituents is 1. The number of phenols is 1. The van der Waals surface area contributed by atoms with Gasteiger partial charge in [0, 0.05) is 10.0 Å². The second-order valence-electron chi connectivity index (χ2n) is 6.68. The quantitative estimate of drug-likeness (QED) is 0.277. The van der Waals surface area contributed by atoms with E-state index in [2.05, 4.69) is 26.1 Å². The van der Waals surface area contributed by atoms with E-state index < -0.39 is 0 Å². The molecule has 0 aliphatic carbocycles. The maximum atomic E-state index is 13.1. The van der Waals surface area contributed by atoms with Gasteiger partial charge in [-0.2, -0.15) is 5.10 Å². The monoisotopic (exact) mass is 511 g/mol. The Kier molecular flexibility index (Phi) is 6.77. The van der Waals surface area contributed by atoms with E-state index in [0.29, 0.717) is 21.4 Å². The number of rotatable bonds is 6. The molecule has 0 spiro atoms. The van der Waals surface area contributed by atoms with Crippen molar-refractivity contribution >= 4 is 51.1 Å². The molecule has 0 bridgehead atoms. The van der Waals surface area contributed by atoms with Crippen molar-refractivity contribution in [1.29, 1.82) is 0 Å². The van der Waals surface area contributed by atoms with Gasteiger partial charge in [-0.25, -0.2) is 0 Å². The summed E-state index contributed by atoms with van der Waals surface area (Å²) < 4.78 is 11.4. The first-order valence-electron chi connectivity index (χ1n) is 9.51. The third kappa shape index (κ3) is 5.12. The maximum Gasteiger partial charge on any atom is 0.267 e. The van der Waals surface area contributed by atoms with Gasteiger partial charge in [0.2, 0.25) is 0 Å². The normalized spacial score (nSPS) is 16.6. The fraction of sp³-hybridized carbons (Fsp3) is 0.0870. The summed E-state index contributed by atoms with van der Waals surface area (Å²) in [6, 6.07) is 16.0. The predicted molar refractivity (Wildman–Crippen MR) is 129 cm³/mol. The SMILES string of the molecule is COc1ccc(/C=C2\S/C(=N\N=C\c3cc(Br)ccc3O)N(Cc3ccco3)C2=O)cc1. The van der Waals surface area contributed by atoms with Gasteiger partial charge in [-0.05, 0) is 65.9 Å². The van der Waals surface area contributed by atoms with E-state index in [0.717, 1.165) is 15.8 Å². The van der Waals surface area contributed by atoms with Gasteiger partial charge in [0.05, 0.1) is 31.0 Å². The molecular formula is C23H18BrN3O4S. The summed E-state index contributed by atoms with van der Waals surface area (Å²) in [6.45, 7) is 0.231. The predicted octanol–water partition coefficient (Wildman–Crippen LogP) is 5.26. The highest BCUT2D eigenvalue weighted by Gasteiger charge is 2.34. The van der Waals surface area contributed by atoms with Crippen molar-refractivity contribution < 1.29 is 19.1 Å². The van der Waals surface area contributed by atoms with Crippen molar-refractivity contribution in [3.8, 4) is 11.5 Å². The number of benzene rings is 2. The average Bonchev–Trinajstić information content (AvgIpc) is 3.41. The maximum absolute atomic E-state index is 13.1. The molecule has 2 aromatic carbocycles. The number of hydrogen-bond donors (Lipinski definition) is 1. The molecule has 1 saturated heterocycles. The molecule has 0 saturated carbocycles. The molecule has 1 aromatic heterocycles. The number of amides is 1. The summed E-state index contributed by atoms with van der Waals surface area (Å²) in [6.07, 6.45) is 4.80. The van der Waals surface area contributed by atoms with E-state index >= 15 is 0 Å². The van der Waals surface area contributed by atoms with E-state index in [-0.39, 0.29) is 18.2 Å². The summed E-state index contributed by atoms with van der Waals surface area (Å²) in [4.78, 5) is 15.1. The zero-order valence-electron chi connectivity index (χ0n) is 16.9. The number of halogens is 1. The number of carbonyl (C=O) groups excluding carboxylic acids is 1. The topological polar surface area (TPSA) is 87.6 Å². The van der Waals surface area contributed by atoms with Crippen LogP contribution in [0.2, 0.25) is 0 Å². The van der Waals surface area contributed by atoms with Crippen LogP contribution in [0.1, 0.15) is 16.9 Å². The standard InChI is InChI=1S/C23H18BrN3O4S/c1-30-18-7-4-15(5-8-18)11-21-22(29)27(14-19-3-2-10-31-19)23(32-21)26-25-13-16-12-17(24)6-9-20(16)28/h2-13,28H,14H2,1H3/b21-11-,25-13+,26-23-. The number of amidine groups is 1. The molecular weight excluding hydrogens is 494 g/mol. The van der Waals surface area contributed by atoms with Gasteiger partial charge < -0.3 is 14.3 Å². The fourth-order valence-corrected chi connectivity index (χ4v) is 4.21. The molecule has 1 aliphatic heterocycles. The fourth-order valence-electron chi connectivity index (χ4n) is 2.90. The first-order chi connectivity index (χ1) is 15.5. The Balaban J connectivity index is 1.62. The van der Waals surface area contributed by atoms with Gasteiger partial charge in [-0.1, -0.05) is 28.1 Å². The molecule has 7 nitrogen and oxygen atoms in total. The van der Waals surface area contributed by atoms with Crippen LogP contribution in [0.3, 0.4) is 0 Å². The van der Waals surface area contributed by atoms with E-state index in [1.54, 1.807) is 49.8 Å². The zero-order chi connectivity index (χ0) is 22.5. The Morgan fingerprint density at radius 3 is 2.75 bits per heavy atom. The number of methoxy groups -OCH3 is 1. The van der Waals surface area contributed by atoms with Gasteiger partial charge in [0.25, 0.3) is 5.91 Å². The number of hydrogen-bond acceptors (Lipinski definition) is 7. The largest absolute Gasteiger partial charge is 0.507 e. The molecule has 1 aliphatic rings. The van der Waals surface area contributed by atoms with Crippen molar-refractivity contribution in [1.82, 2.24) is 4.90 Å². The molecule has 1 fully saturated rings. The smallest absolute Gasteiger partial charge is 0.267 e. The van der Waals surface area contributed by atoms with Gasteiger partial charge in [-0.15, -0.1) is 5.10 Å². The lowest BCUT2D eigenvalue weighted by molar-refractivity contribution is -0.122. The summed E-state index contributed by atoms with van der Waals surface area (Å²) in [5.41, 5.74) is 1.37. The van der Waals surface area contributed by atoms with Crippen molar-refractivity contribution in [2.45, 2.75) is 6.54 Å². The highest BCUT2D eigenvalue weighted by atomic mass is 79.9. The number of ether oxygens (including phenoxy) is 1. The van der Waals surface area contributed by atoms with Crippen molar-refractivity contribution in [3.63, 3.8) is 0 Å². The number of thioether (sulfide) groups is 1. The molecule has 1 amide bonds. The number of nitrogens with zero attached hydrogens (tertiary/aromatic N) is 3. The van der Waals surface area contributed by atoms with Crippen LogP contribution in [0.5, 0.6) is 11.5 Å². The summed E-state index contributed by atoms with van der Waals surface area (Å²) in [5, 5.41) is 18.7. The first kappa shape index (κ1) is 21.9. The minimum atomic E-state index is -0.193. The van der Waals surface area contributed by atoms with E-state index in [1.807, 2.05) is 24.3 Å². The van der Waals surface area contributed by atoms with Gasteiger partial charge >= 0.3 is 0 Å². The van der Waals surface area contributed by atoms with Gasteiger partial charge in [-0.3, -0.25) is 9.69 Å². The van der Waals surface area contributed by atoms with Crippen molar-refractivity contribution in [2.24, 2.45) is 10.2 Å². The highest BCUT2D eigenvalue weighted by molar-refractivity contribution is 9.10. The third-order valence-corrected chi connectivity index (χ3v) is 6.02. The number of aromatic hydroxyl groups is 1. The van der Waals surface area contributed by atoms with Crippen LogP contribution in [-0.4, -0.2) is 34.4 Å². The number of carbonyl (C=O) groups is 1. The van der Waals surface area contributed by atoms with Crippen LogP contribution in [0.4, 0.5) is 0 Å².